The molecule has 2 unspecified atom stereocenters. The van der Waals surface area contributed by atoms with Crippen molar-refractivity contribution in [1.29, 1.82) is 0 Å². The smallest absolute Gasteiger partial charge is 0.534 e. The van der Waals surface area contributed by atoms with Crippen LogP contribution in [0.25, 0.3) is 0 Å². The van der Waals surface area contributed by atoms with Gasteiger partial charge in [-0.3, -0.25) is 4.79 Å². The maximum absolute atomic E-state index is 12.7. The number of hydrogen-bond donors (Lipinski definition) is 5. The molecule has 5 N–H and O–H groups in total. The molecule has 1 aromatic rings. The molecule has 1 fully saturated rings. The number of nitrogens with one attached hydrogen (secondary N) is 3. The molecule has 8 nitrogen and oxygen atoms in total. The van der Waals surface area contributed by atoms with E-state index in [1.165, 1.54) is 6.07 Å². The molecular weight excluding hydrogens is 397 g/mol. The largest absolute Gasteiger partial charge is 0.547 e. The molecule has 2 aliphatic rings. The van der Waals surface area contributed by atoms with Gasteiger partial charge in [-0.05, 0) is 56.2 Å². The Morgan fingerprint density at radius 2 is 2.03 bits per heavy atom. The molecule has 3 rings (SSSR count). The number of aromatic carboxylic acids is 1. The number of rotatable bonds is 9. The van der Waals surface area contributed by atoms with Crippen molar-refractivity contribution < 1.29 is 24.4 Å². The van der Waals surface area contributed by atoms with Crippen molar-refractivity contribution in [2.45, 2.75) is 63.9 Å². The monoisotopic (exact) mass is 431 g/mol. The third-order valence-corrected chi connectivity index (χ3v) is 6.24. The Morgan fingerprint density at radius 1 is 1.19 bits per heavy atom. The first-order chi connectivity index (χ1) is 15.0. The summed E-state index contributed by atoms with van der Waals surface area (Å²) in [6.07, 6.45) is 6.15. The van der Waals surface area contributed by atoms with Gasteiger partial charge in [-0.1, -0.05) is 25.5 Å². The molecular formula is C22H34BN3O5. The molecule has 0 saturated heterocycles. The van der Waals surface area contributed by atoms with Crippen molar-refractivity contribution in [3.63, 3.8) is 0 Å². The van der Waals surface area contributed by atoms with Crippen molar-refractivity contribution >= 4 is 19.0 Å². The Balaban J connectivity index is 1.47. The van der Waals surface area contributed by atoms with Gasteiger partial charge in [-0.15, -0.1) is 0 Å². The fraction of sp³-hybridized carbons (Fsp3) is 0.636. The van der Waals surface area contributed by atoms with Crippen LogP contribution < -0.4 is 20.6 Å². The summed E-state index contributed by atoms with van der Waals surface area (Å²) in [6, 6.07) is 5.37. The zero-order valence-corrected chi connectivity index (χ0v) is 18.2. The second kappa shape index (κ2) is 11.5. The molecule has 3 atom stereocenters. The molecule has 170 valence electrons. The number of carbonyl (C=O) groups is 2. The highest BCUT2D eigenvalue weighted by Gasteiger charge is 2.38. The lowest BCUT2D eigenvalue weighted by Gasteiger charge is -2.29. The first kappa shape index (κ1) is 23.6. The van der Waals surface area contributed by atoms with Crippen LogP contribution in [0.4, 0.5) is 0 Å². The zero-order valence-electron chi connectivity index (χ0n) is 18.2. The number of hydrogen-bond acceptors (Lipinski definition) is 6. The number of likely N-dealkylation sites (N-methyl/N-ethyl adjacent to an activating group) is 1. The van der Waals surface area contributed by atoms with E-state index in [9.17, 15) is 19.7 Å². The van der Waals surface area contributed by atoms with Crippen LogP contribution in [0.15, 0.2) is 18.2 Å². The summed E-state index contributed by atoms with van der Waals surface area (Å²) in [5.74, 6) is -1.25. The van der Waals surface area contributed by atoms with E-state index in [4.69, 9.17) is 4.65 Å². The average molecular weight is 431 g/mol. The average Bonchev–Trinajstić information content (AvgIpc) is 2.96. The molecule has 0 bridgehead atoms. The highest BCUT2D eigenvalue weighted by atomic mass is 16.5. The summed E-state index contributed by atoms with van der Waals surface area (Å²) in [5, 5.41) is 29.5. The van der Waals surface area contributed by atoms with Gasteiger partial charge in [0.1, 0.15) is 5.75 Å². The summed E-state index contributed by atoms with van der Waals surface area (Å²) in [4.78, 5) is 24.0. The van der Waals surface area contributed by atoms with Gasteiger partial charge in [0, 0.05) is 25.6 Å². The number of carboxylic acids is 1. The predicted octanol–water partition coefficient (Wildman–Crippen LogP) is 1.36. The summed E-state index contributed by atoms with van der Waals surface area (Å²) in [5.41, 5.74) is 0.699. The fourth-order valence-corrected chi connectivity index (χ4v) is 4.57. The second-order valence-electron chi connectivity index (χ2n) is 8.57. The van der Waals surface area contributed by atoms with E-state index in [2.05, 4.69) is 22.9 Å². The van der Waals surface area contributed by atoms with Crippen LogP contribution in [0, 0.1) is 5.92 Å². The lowest BCUT2D eigenvalue weighted by molar-refractivity contribution is -0.122. The van der Waals surface area contributed by atoms with Gasteiger partial charge in [0.2, 0.25) is 5.91 Å². The van der Waals surface area contributed by atoms with E-state index >= 15 is 0 Å². The van der Waals surface area contributed by atoms with Crippen LogP contribution in [0.3, 0.4) is 0 Å². The Bertz CT molecular complexity index is 763. The summed E-state index contributed by atoms with van der Waals surface area (Å²) in [7, 11) is -1.27. The van der Waals surface area contributed by atoms with Crippen LogP contribution in [0.1, 0.15) is 61.4 Å². The Labute approximate surface area is 184 Å². The first-order valence-electron chi connectivity index (χ1n) is 11.4. The summed E-state index contributed by atoms with van der Waals surface area (Å²) < 4.78 is 5.46. The van der Waals surface area contributed by atoms with E-state index in [1.807, 2.05) is 0 Å². The first-order valence-corrected chi connectivity index (χ1v) is 11.4. The molecule has 1 aromatic carbocycles. The van der Waals surface area contributed by atoms with E-state index in [1.54, 1.807) is 12.1 Å². The molecule has 1 aliphatic heterocycles. The van der Waals surface area contributed by atoms with Crippen LogP contribution >= 0.6 is 0 Å². The Kier molecular flexibility index (Phi) is 8.74. The molecule has 31 heavy (non-hydrogen) atoms. The molecule has 0 radical (unpaired) electrons. The predicted molar refractivity (Wildman–Crippen MR) is 119 cm³/mol. The Hall–Kier alpha value is -2.10. The van der Waals surface area contributed by atoms with Gasteiger partial charge in [-0.25, -0.2) is 4.79 Å². The normalized spacial score (nSPS) is 23.4. The maximum atomic E-state index is 12.7. The van der Waals surface area contributed by atoms with Crippen molar-refractivity contribution in [2.24, 2.45) is 5.92 Å². The second-order valence-corrected chi connectivity index (χ2v) is 8.57. The van der Waals surface area contributed by atoms with Crippen LogP contribution in [0.5, 0.6) is 5.75 Å². The fourth-order valence-electron chi connectivity index (χ4n) is 4.57. The minimum absolute atomic E-state index is 0.0217. The van der Waals surface area contributed by atoms with Crippen molar-refractivity contribution in [1.82, 2.24) is 16.0 Å². The molecule has 1 aliphatic carbocycles. The van der Waals surface area contributed by atoms with Crippen LogP contribution in [0.2, 0.25) is 0 Å². The van der Waals surface area contributed by atoms with Gasteiger partial charge < -0.3 is 30.7 Å². The highest BCUT2D eigenvalue weighted by Crippen LogP contribution is 2.30. The third-order valence-electron chi connectivity index (χ3n) is 6.24. The third kappa shape index (κ3) is 6.69. The molecule has 1 heterocycles. The van der Waals surface area contributed by atoms with Gasteiger partial charge in [0.15, 0.2) is 0 Å². The number of amides is 1. The van der Waals surface area contributed by atoms with Crippen LogP contribution in [-0.2, 0) is 11.2 Å². The molecule has 0 aromatic heterocycles. The van der Waals surface area contributed by atoms with E-state index in [0.29, 0.717) is 30.4 Å². The molecule has 1 saturated carbocycles. The lowest BCUT2D eigenvalue weighted by atomic mass is 9.72. The van der Waals surface area contributed by atoms with Crippen molar-refractivity contribution in [2.75, 3.05) is 19.6 Å². The Morgan fingerprint density at radius 3 is 2.81 bits per heavy atom. The maximum Gasteiger partial charge on any atom is 0.547 e. The van der Waals surface area contributed by atoms with E-state index in [-0.39, 0.29) is 17.2 Å². The zero-order chi connectivity index (χ0) is 22.2. The van der Waals surface area contributed by atoms with Crippen LogP contribution in [-0.4, -0.2) is 60.7 Å². The number of benzene rings is 1. The number of carbonyl (C=O) groups excluding carboxylic acids is 1. The number of carboxylic acid groups (broad SMARTS) is 1. The van der Waals surface area contributed by atoms with E-state index in [0.717, 1.165) is 51.7 Å². The molecule has 0 spiro atoms. The highest BCUT2D eigenvalue weighted by molar-refractivity contribution is 6.47. The summed E-state index contributed by atoms with van der Waals surface area (Å²) >= 11 is 0. The minimum Gasteiger partial charge on any atom is -0.534 e. The SMILES string of the molecule is CCNCCNC1CCCC(CC(=O)N[C@H]2Cc3cccc(C(=O)O)c3OB2O)CC1. The minimum atomic E-state index is -1.27. The standard InChI is InChI=1S/C22H34BN3O5/c1-2-24-11-12-25-17-7-3-5-15(9-10-17)13-20(27)26-19-14-16-6-4-8-18(22(28)29)21(16)31-23(19)30/h4,6,8,15,17,19,24-25,30H,2-3,5,7,9-14H2,1H3,(H,26,27)(H,28,29)/t15?,17?,19-/m0/s1. The number of para-hydroxylation sites is 1. The van der Waals surface area contributed by atoms with Gasteiger partial charge in [0.05, 0.1) is 11.5 Å². The lowest BCUT2D eigenvalue weighted by Crippen LogP contribution is -2.53. The topological polar surface area (TPSA) is 120 Å². The van der Waals surface area contributed by atoms with Gasteiger partial charge in [0.25, 0.3) is 0 Å². The summed E-state index contributed by atoms with van der Waals surface area (Å²) in [6.45, 7) is 5.03. The van der Waals surface area contributed by atoms with E-state index < -0.39 is 19.0 Å². The molecule has 1 amide bonds. The number of fused-ring (bicyclic) bond motifs is 1. The van der Waals surface area contributed by atoms with Gasteiger partial charge in [-0.2, -0.15) is 0 Å². The quantitative estimate of drug-likeness (QED) is 0.228. The van der Waals surface area contributed by atoms with Gasteiger partial charge >= 0.3 is 13.1 Å². The molecule has 9 heteroatoms. The van der Waals surface area contributed by atoms with Crippen molar-refractivity contribution in [3.05, 3.63) is 29.3 Å². The van der Waals surface area contributed by atoms with Crippen molar-refractivity contribution in [3.8, 4) is 5.75 Å².